The molecule has 22 heavy (non-hydrogen) atoms. The average Bonchev–Trinajstić information content (AvgIpc) is 2.65. The SMILES string of the molecule is CCC[C@@]12CCO[C@@H](C1OC)[C@H](n1cc(C)c(N)nc1=O)O2. The van der Waals surface area contributed by atoms with E-state index < -0.39 is 17.5 Å². The second-order valence-corrected chi connectivity index (χ2v) is 6.06. The van der Waals surface area contributed by atoms with Crippen LogP contribution < -0.4 is 11.4 Å². The Balaban J connectivity index is 2.02. The smallest absolute Gasteiger partial charge is 0.351 e. The average molecular weight is 309 g/mol. The Morgan fingerprint density at radius 3 is 3.05 bits per heavy atom. The van der Waals surface area contributed by atoms with Crippen LogP contribution in [-0.2, 0) is 14.2 Å². The normalized spacial score (nSPS) is 34.0. The lowest BCUT2D eigenvalue weighted by Crippen LogP contribution is -2.50. The third-order valence-electron chi connectivity index (χ3n) is 4.66. The first kappa shape index (κ1) is 15.5. The molecule has 0 saturated carbocycles. The fourth-order valence-corrected chi connectivity index (χ4v) is 3.64. The van der Waals surface area contributed by atoms with E-state index in [-0.39, 0.29) is 18.0 Å². The standard InChI is InChI=1S/C15H23N3O4/c1-4-5-15-6-7-21-10(11(15)20-3)13(22-15)18-8-9(2)12(16)17-14(18)19/h8,10-11,13H,4-7H2,1-3H3,(H2,16,17,19)/t10-,11?,13+,15+/m0/s1. The molecule has 3 heterocycles. The van der Waals surface area contributed by atoms with Crippen molar-refractivity contribution in [1.29, 1.82) is 0 Å². The van der Waals surface area contributed by atoms with E-state index in [0.717, 1.165) is 24.8 Å². The molecule has 2 saturated heterocycles. The van der Waals surface area contributed by atoms with E-state index in [1.165, 1.54) is 4.57 Å². The highest BCUT2D eigenvalue weighted by atomic mass is 16.6. The van der Waals surface area contributed by atoms with E-state index >= 15 is 0 Å². The van der Waals surface area contributed by atoms with Crippen molar-refractivity contribution in [3.05, 3.63) is 22.2 Å². The number of fused-ring (bicyclic) bond motifs is 2. The maximum absolute atomic E-state index is 12.2. The van der Waals surface area contributed by atoms with Gasteiger partial charge in [-0.25, -0.2) is 4.79 Å². The fraction of sp³-hybridized carbons (Fsp3) is 0.733. The first-order valence-electron chi connectivity index (χ1n) is 7.70. The zero-order chi connectivity index (χ0) is 15.9. The van der Waals surface area contributed by atoms with Crippen LogP contribution in [-0.4, -0.2) is 41.1 Å². The summed E-state index contributed by atoms with van der Waals surface area (Å²) in [7, 11) is 1.66. The van der Waals surface area contributed by atoms with E-state index in [1.807, 2.05) is 6.92 Å². The lowest BCUT2D eigenvalue weighted by molar-refractivity contribution is -0.139. The molecular formula is C15H23N3O4. The number of hydrogen-bond donors (Lipinski definition) is 1. The minimum Gasteiger partial charge on any atom is -0.383 e. The first-order valence-corrected chi connectivity index (χ1v) is 7.70. The molecule has 1 aromatic rings. The molecule has 1 aromatic heterocycles. The molecule has 2 fully saturated rings. The van der Waals surface area contributed by atoms with Crippen LogP contribution in [0, 0.1) is 6.92 Å². The van der Waals surface area contributed by atoms with Crippen molar-refractivity contribution in [1.82, 2.24) is 9.55 Å². The minimum atomic E-state index is -0.529. The number of aryl methyl sites for hydroxylation is 1. The number of nitrogen functional groups attached to an aromatic ring is 1. The van der Waals surface area contributed by atoms with Gasteiger partial charge in [-0.05, 0) is 13.3 Å². The number of nitrogens with two attached hydrogens (primary N) is 1. The van der Waals surface area contributed by atoms with E-state index in [1.54, 1.807) is 13.3 Å². The molecule has 4 atom stereocenters. The largest absolute Gasteiger partial charge is 0.383 e. The van der Waals surface area contributed by atoms with E-state index in [0.29, 0.717) is 6.61 Å². The number of aromatic nitrogens is 2. The number of rotatable bonds is 4. The van der Waals surface area contributed by atoms with Crippen molar-refractivity contribution in [3.63, 3.8) is 0 Å². The van der Waals surface area contributed by atoms with Crippen LogP contribution in [0.4, 0.5) is 5.82 Å². The highest BCUT2D eigenvalue weighted by Crippen LogP contribution is 2.47. The van der Waals surface area contributed by atoms with Gasteiger partial charge in [0.05, 0.1) is 6.61 Å². The van der Waals surface area contributed by atoms with Crippen molar-refractivity contribution in [2.24, 2.45) is 0 Å². The van der Waals surface area contributed by atoms with Gasteiger partial charge < -0.3 is 19.9 Å². The number of anilines is 1. The summed E-state index contributed by atoms with van der Waals surface area (Å²) in [4.78, 5) is 16.1. The third-order valence-corrected chi connectivity index (χ3v) is 4.66. The summed E-state index contributed by atoms with van der Waals surface area (Å²) in [5, 5.41) is 0. The maximum Gasteiger partial charge on any atom is 0.351 e. The molecular weight excluding hydrogens is 286 g/mol. The van der Waals surface area contributed by atoms with Gasteiger partial charge in [-0.2, -0.15) is 4.98 Å². The Bertz CT molecular complexity index is 613. The molecule has 0 aliphatic carbocycles. The van der Waals surface area contributed by atoms with Crippen LogP contribution >= 0.6 is 0 Å². The monoisotopic (exact) mass is 309 g/mol. The summed E-state index contributed by atoms with van der Waals surface area (Å²) >= 11 is 0. The predicted octanol–water partition coefficient (Wildman–Crippen LogP) is 1.01. The topological polar surface area (TPSA) is 88.6 Å². The Morgan fingerprint density at radius 2 is 2.36 bits per heavy atom. The number of hydrogen-bond acceptors (Lipinski definition) is 6. The van der Waals surface area contributed by atoms with Crippen molar-refractivity contribution >= 4 is 5.82 Å². The first-order chi connectivity index (χ1) is 10.5. The summed E-state index contributed by atoms with van der Waals surface area (Å²) in [5.41, 5.74) is 5.62. The molecule has 122 valence electrons. The lowest BCUT2D eigenvalue weighted by atomic mass is 9.85. The van der Waals surface area contributed by atoms with E-state index in [2.05, 4.69) is 11.9 Å². The molecule has 7 nitrogen and oxygen atoms in total. The Labute approximate surface area is 129 Å². The molecule has 2 N–H and O–H groups in total. The molecule has 2 aliphatic rings. The molecule has 2 aliphatic heterocycles. The lowest BCUT2D eigenvalue weighted by Gasteiger charge is -2.37. The summed E-state index contributed by atoms with van der Waals surface area (Å²) in [6.07, 6.45) is 3.28. The van der Waals surface area contributed by atoms with Crippen molar-refractivity contribution in [2.45, 2.75) is 57.1 Å². The van der Waals surface area contributed by atoms with E-state index in [9.17, 15) is 4.79 Å². The van der Waals surface area contributed by atoms with Gasteiger partial charge in [-0.3, -0.25) is 4.57 Å². The predicted molar refractivity (Wildman–Crippen MR) is 80.6 cm³/mol. The second kappa shape index (κ2) is 5.64. The van der Waals surface area contributed by atoms with Crippen LogP contribution in [0.5, 0.6) is 0 Å². The van der Waals surface area contributed by atoms with Gasteiger partial charge in [-0.1, -0.05) is 13.3 Å². The van der Waals surface area contributed by atoms with Crippen molar-refractivity contribution in [2.75, 3.05) is 19.5 Å². The van der Waals surface area contributed by atoms with Gasteiger partial charge in [0.15, 0.2) is 6.23 Å². The second-order valence-electron chi connectivity index (χ2n) is 6.06. The third kappa shape index (κ3) is 2.24. The number of nitrogens with zero attached hydrogens (tertiary/aromatic N) is 2. The van der Waals surface area contributed by atoms with Crippen LogP contribution in [0.25, 0.3) is 0 Å². The molecule has 3 rings (SSSR count). The minimum absolute atomic E-state index is 0.184. The highest BCUT2D eigenvalue weighted by Gasteiger charge is 2.58. The van der Waals surface area contributed by atoms with Gasteiger partial charge in [0.2, 0.25) is 0 Å². The summed E-state index contributed by atoms with van der Waals surface area (Å²) < 4.78 is 19.3. The molecule has 1 unspecified atom stereocenters. The summed E-state index contributed by atoms with van der Waals surface area (Å²) in [6, 6.07) is 0. The highest BCUT2D eigenvalue weighted by molar-refractivity contribution is 5.35. The Kier molecular flexibility index (Phi) is 3.96. The van der Waals surface area contributed by atoms with Gasteiger partial charge in [0.1, 0.15) is 23.6 Å². The fourth-order valence-electron chi connectivity index (χ4n) is 3.64. The quantitative estimate of drug-likeness (QED) is 0.893. The van der Waals surface area contributed by atoms with Gasteiger partial charge in [0, 0.05) is 25.3 Å². The zero-order valence-electron chi connectivity index (χ0n) is 13.2. The van der Waals surface area contributed by atoms with Crippen LogP contribution in [0.1, 0.15) is 38.0 Å². The van der Waals surface area contributed by atoms with Crippen LogP contribution in [0.15, 0.2) is 11.0 Å². The molecule has 0 amide bonds. The van der Waals surface area contributed by atoms with Gasteiger partial charge in [-0.15, -0.1) is 0 Å². The summed E-state index contributed by atoms with van der Waals surface area (Å²) in [5.74, 6) is 0.245. The van der Waals surface area contributed by atoms with E-state index in [4.69, 9.17) is 19.9 Å². The van der Waals surface area contributed by atoms with Gasteiger partial charge >= 0.3 is 5.69 Å². The van der Waals surface area contributed by atoms with Gasteiger partial charge in [0.25, 0.3) is 0 Å². The Morgan fingerprint density at radius 1 is 1.59 bits per heavy atom. The molecule has 7 heteroatoms. The molecule has 0 radical (unpaired) electrons. The van der Waals surface area contributed by atoms with Crippen LogP contribution in [0.2, 0.25) is 0 Å². The number of ether oxygens (including phenoxy) is 3. The van der Waals surface area contributed by atoms with Crippen molar-refractivity contribution in [3.8, 4) is 0 Å². The molecule has 2 bridgehead atoms. The Hall–Kier alpha value is -1.44. The number of methoxy groups -OCH3 is 1. The zero-order valence-corrected chi connectivity index (χ0v) is 13.2. The molecule has 0 spiro atoms. The van der Waals surface area contributed by atoms with Crippen molar-refractivity contribution < 1.29 is 14.2 Å². The summed E-state index contributed by atoms with van der Waals surface area (Å²) in [6.45, 7) is 4.54. The van der Waals surface area contributed by atoms with Crippen LogP contribution in [0.3, 0.4) is 0 Å². The molecule has 0 aromatic carbocycles. The maximum atomic E-state index is 12.2.